The molecule has 1 atom stereocenters. The lowest BCUT2D eigenvalue weighted by Crippen LogP contribution is -2.12. The molecular weight excluding hydrogens is 244 g/mol. The molecule has 0 amide bonds. The van der Waals surface area contributed by atoms with Crippen molar-refractivity contribution < 1.29 is 0 Å². The first-order chi connectivity index (χ1) is 8.67. The second kappa shape index (κ2) is 5.44. The van der Waals surface area contributed by atoms with Gasteiger partial charge in [-0.3, -0.25) is 4.68 Å². The molecule has 3 N–H and O–H groups in total. The quantitative estimate of drug-likeness (QED) is 0.872. The summed E-state index contributed by atoms with van der Waals surface area (Å²) in [6.07, 6.45) is 1.88. The number of hydrogen-bond donors (Lipinski definition) is 2. The Morgan fingerprint density at radius 1 is 1.50 bits per heavy atom. The molecule has 0 aliphatic heterocycles. The third-order valence-electron chi connectivity index (χ3n) is 3.10. The molecular formula is C13H20N4S. The molecule has 0 spiro atoms. The third-order valence-corrected chi connectivity index (χ3v) is 4.09. The van der Waals surface area contributed by atoms with Crippen LogP contribution in [0, 0.1) is 0 Å². The minimum atomic E-state index is 0.299. The number of nitrogens with zero attached hydrogens (tertiary/aromatic N) is 2. The van der Waals surface area contributed by atoms with Crippen molar-refractivity contribution in [1.29, 1.82) is 0 Å². The molecule has 98 valence electrons. The molecule has 1 unspecified atom stereocenters. The summed E-state index contributed by atoms with van der Waals surface area (Å²) in [6.45, 7) is 4.24. The van der Waals surface area contributed by atoms with Gasteiger partial charge in [-0.15, -0.1) is 11.3 Å². The zero-order chi connectivity index (χ0) is 13.1. The highest BCUT2D eigenvalue weighted by Crippen LogP contribution is 2.30. The normalized spacial score (nSPS) is 12.6. The highest BCUT2D eigenvalue weighted by Gasteiger charge is 2.16. The van der Waals surface area contributed by atoms with Crippen LogP contribution in [-0.4, -0.2) is 9.78 Å². The van der Waals surface area contributed by atoms with Crippen molar-refractivity contribution >= 4 is 22.8 Å². The SMILES string of the molecule is CCc1nn(C)c(NC(CC)c2cccs2)c1N. The van der Waals surface area contributed by atoms with Crippen LogP contribution in [0.15, 0.2) is 17.5 Å². The molecule has 0 saturated carbocycles. The summed E-state index contributed by atoms with van der Waals surface area (Å²) >= 11 is 1.77. The van der Waals surface area contributed by atoms with Crippen LogP contribution < -0.4 is 11.1 Å². The maximum atomic E-state index is 6.13. The summed E-state index contributed by atoms with van der Waals surface area (Å²) in [5.74, 6) is 0.923. The topological polar surface area (TPSA) is 55.9 Å². The van der Waals surface area contributed by atoms with Gasteiger partial charge in [-0.1, -0.05) is 19.9 Å². The number of nitrogens with two attached hydrogens (primary N) is 1. The van der Waals surface area contributed by atoms with Crippen molar-refractivity contribution in [3.05, 3.63) is 28.1 Å². The Bertz CT molecular complexity index is 501. The van der Waals surface area contributed by atoms with Crippen LogP contribution in [0.1, 0.15) is 36.9 Å². The zero-order valence-electron chi connectivity index (χ0n) is 11.1. The predicted octanol–water partition coefficient (Wildman–Crippen LogP) is 3.19. The molecule has 18 heavy (non-hydrogen) atoms. The molecule has 0 aliphatic carbocycles. The maximum absolute atomic E-state index is 6.13. The molecule has 0 aliphatic rings. The van der Waals surface area contributed by atoms with Crippen molar-refractivity contribution in [2.24, 2.45) is 7.05 Å². The highest BCUT2D eigenvalue weighted by molar-refractivity contribution is 7.10. The average molecular weight is 264 g/mol. The van der Waals surface area contributed by atoms with Gasteiger partial charge in [-0.2, -0.15) is 5.10 Å². The molecule has 2 heterocycles. The second-order valence-electron chi connectivity index (χ2n) is 4.31. The predicted molar refractivity (Wildman–Crippen MR) is 78.0 cm³/mol. The van der Waals surface area contributed by atoms with Gasteiger partial charge < -0.3 is 11.1 Å². The zero-order valence-corrected chi connectivity index (χ0v) is 11.9. The number of nitrogens with one attached hydrogen (secondary N) is 1. The minimum absolute atomic E-state index is 0.299. The molecule has 4 nitrogen and oxygen atoms in total. The van der Waals surface area contributed by atoms with Crippen molar-refractivity contribution in [1.82, 2.24) is 9.78 Å². The summed E-state index contributed by atoms with van der Waals surface area (Å²) in [5, 5.41) is 10.0. The van der Waals surface area contributed by atoms with E-state index in [2.05, 4.69) is 41.8 Å². The molecule has 2 aromatic heterocycles. The molecule has 0 saturated heterocycles. The molecule has 0 radical (unpaired) electrons. The van der Waals surface area contributed by atoms with Gasteiger partial charge in [0.15, 0.2) is 0 Å². The second-order valence-corrected chi connectivity index (χ2v) is 5.29. The van der Waals surface area contributed by atoms with Crippen molar-refractivity contribution in [3.8, 4) is 0 Å². The number of nitrogen functional groups attached to an aromatic ring is 1. The smallest absolute Gasteiger partial charge is 0.148 e. The van der Waals surface area contributed by atoms with Crippen LogP contribution in [0.2, 0.25) is 0 Å². The maximum Gasteiger partial charge on any atom is 0.148 e. The van der Waals surface area contributed by atoms with Crippen LogP contribution in [0.3, 0.4) is 0 Å². The van der Waals surface area contributed by atoms with Gasteiger partial charge in [0, 0.05) is 11.9 Å². The molecule has 5 heteroatoms. The van der Waals surface area contributed by atoms with E-state index in [0.717, 1.165) is 30.0 Å². The Labute approximate surface area is 112 Å². The first-order valence-corrected chi connectivity index (χ1v) is 7.16. The number of thiophene rings is 1. The molecule has 0 bridgehead atoms. The third kappa shape index (κ3) is 2.36. The van der Waals surface area contributed by atoms with E-state index in [9.17, 15) is 0 Å². The summed E-state index contributed by atoms with van der Waals surface area (Å²) in [4.78, 5) is 1.33. The fourth-order valence-electron chi connectivity index (χ4n) is 2.06. The van der Waals surface area contributed by atoms with E-state index in [1.807, 2.05) is 11.7 Å². The first kappa shape index (κ1) is 13.0. The Kier molecular flexibility index (Phi) is 3.91. The van der Waals surface area contributed by atoms with Crippen molar-refractivity contribution in [2.45, 2.75) is 32.7 Å². The van der Waals surface area contributed by atoms with Gasteiger partial charge in [-0.05, 0) is 24.3 Å². The molecule has 0 aromatic carbocycles. The Morgan fingerprint density at radius 3 is 2.78 bits per heavy atom. The van der Waals surface area contributed by atoms with Gasteiger partial charge in [0.05, 0.1) is 17.4 Å². The number of anilines is 2. The van der Waals surface area contributed by atoms with Gasteiger partial charge in [-0.25, -0.2) is 0 Å². The number of aryl methyl sites for hydroxylation is 2. The van der Waals surface area contributed by atoms with E-state index in [1.165, 1.54) is 4.88 Å². The van der Waals surface area contributed by atoms with E-state index < -0.39 is 0 Å². The van der Waals surface area contributed by atoms with Gasteiger partial charge in [0.2, 0.25) is 0 Å². The van der Waals surface area contributed by atoms with Crippen molar-refractivity contribution in [2.75, 3.05) is 11.1 Å². The largest absolute Gasteiger partial charge is 0.394 e. The Balaban J connectivity index is 2.25. The van der Waals surface area contributed by atoms with E-state index >= 15 is 0 Å². The average Bonchev–Trinajstić information content (AvgIpc) is 2.97. The van der Waals surface area contributed by atoms with Crippen LogP contribution in [0.5, 0.6) is 0 Å². The van der Waals surface area contributed by atoms with Crippen LogP contribution in [-0.2, 0) is 13.5 Å². The Morgan fingerprint density at radius 2 is 2.28 bits per heavy atom. The van der Waals surface area contributed by atoms with Gasteiger partial charge >= 0.3 is 0 Å². The Hall–Kier alpha value is -1.49. The lowest BCUT2D eigenvalue weighted by Gasteiger charge is -2.17. The van der Waals surface area contributed by atoms with E-state index in [0.29, 0.717) is 6.04 Å². The van der Waals surface area contributed by atoms with Crippen LogP contribution in [0.4, 0.5) is 11.5 Å². The fraction of sp³-hybridized carbons (Fsp3) is 0.462. The fourth-order valence-corrected chi connectivity index (χ4v) is 2.92. The highest BCUT2D eigenvalue weighted by atomic mass is 32.1. The van der Waals surface area contributed by atoms with Gasteiger partial charge in [0.25, 0.3) is 0 Å². The summed E-state index contributed by atoms with van der Waals surface area (Å²) in [6, 6.07) is 4.53. The van der Waals surface area contributed by atoms with Crippen LogP contribution >= 0.6 is 11.3 Å². The van der Waals surface area contributed by atoms with E-state index in [4.69, 9.17) is 5.73 Å². The number of hydrogen-bond acceptors (Lipinski definition) is 4. The number of aromatic nitrogens is 2. The van der Waals surface area contributed by atoms with E-state index in [-0.39, 0.29) is 0 Å². The monoisotopic (exact) mass is 264 g/mol. The van der Waals surface area contributed by atoms with E-state index in [1.54, 1.807) is 11.3 Å². The first-order valence-electron chi connectivity index (χ1n) is 6.28. The summed E-state index contributed by atoms with van der Waals surface area (Å²) in [7, 11) is 1.93. The lowest BCUT2D eigenvalue weighted by molar-refractivity contribution is 0.709. The molecule has 2 aromatic rings. The minimum Gasteiger partial charge on any atom is -0.394 e. The number of rotatable bonds is 5. The van der Waals surface area contributed by atoms with Crippen LogP contribution in [0.25, 0.3) is 0 Å². The van der Waals surface area contributed by atoms with Crippen molar-refractivity contribution in [3.63, 3.8) is 0 Å². The summed E-state index contributed by atoms with van der Waals surface area (Å²) in [5.41, 5.74) is 7.86. The standard InChI is InChI=1S/C13H20N4S/c1-4-9(11-7-6-8-18-11)15-13-12(14)10(5-2)16-17(13)3/h6-9,15H,4-5,14H2,1-3H3. The van der Waals surface area contributed by atoms with Gasteiger partial charge in [0.1, 0.15) is 5.82 Å². The summed E-state index contributed by atoms with van der Waals surface area (Å²) < 4.78 is 1.84. The lowest BCUT2D eigenvalue weighted by atomic mass is 10.2. The molecule has 0 fully saturated rings. The molecule has 2 rings (SSSR count).